The van der Waals surface area contributed by atoms with Crippen LogP contribution >= 0.6 is 15.9 Å². The molecule has 0 spiro atoms. The number of hydrogen-bond acceptors (Lipinski definition) is 7. The summed E-state index contributed by atoms with van der Waals surface area (Å²) >= 11 is 3.27. The number of nitrogens with one attached hydrogen (secondary N) is 1. The molecular formula is C13H14BrFN2O7. The molecule has 0 aliphatic carbocycles. The number of carbonyl (C=O) groups excluding carboxylic acids is 2. The highest BCUT2D eigenvalue weighted by atomic mass is 79.9. The molecule has 0 saturated carbocycles. The summed E-state index contributed by atoms with van der Waals surface area (Å²) in [6.07, 6.45) is -2.31. The Hall–Kier alpha value is -2.01. The number of aromatic nitrogens is 2. The van der Waals surface area contributed by atoms with Gasteiger partial charge in [0.05, 0.1) is 11.0 Å². The number of hydrogen-bond donors (Lipinski definition) is 1. The van der Waals surface area contributed by atoms with Crippen molar-refractivity contribution in [2.45, 2.75) is 37.1 Å². The minimum atomic E-state index is -1.21. The number of aromatic amines is 1. The lowest BCUT2D eigenvalue weighted by atomic mass is 10.2. The number of nitrogens with zero attached hydrogens (tertiary/aromatic N) is 1. The monoisotopic (exact) mass is 408 g/mol. The Morgan fingerprint density at radius 2 is 2.04 bits per heavy atom. The fourth-order valence-electron chi connectivity index (χ4n) is 2.22. The molecule has 24 heavy (non-hydrogen) atoms. The fourth-order valence-corrected chi connectivity index (χ4v) is 2.87. The van der Waals surface area contributed by atoms with E-state index in [0.717, 1.165) is 11.5 Å². The van der Waals surface area contributed by atoms with E-state index in [4.69, 9.17) is 14.2 Å². The summed E-state index contributed by atoms with van der Waals surface area (Å²) in [5.41, 5.74) is -2.11. The summed E-state index contributed by atoms with van der Waals surface area (Å²) in [5, 5.41) is 0. The third-order valence-corrected chi connectivity index (χ3v) is 4.33. The zero-order chi connectivity index (χ0) is 18.0. The molecule has 4 unspecified atom stereocenters. The molecule has 0 bridgehead atoms. The van der Waals surface area contributed by atoms with Gasteiger partial charge in [-0.1, -0.05) is 15.9 Å². The van der Waals surface area contributed by atoms with E-state index >= 15 is 0 Å². The summed E-state index contributed by atoms with van der Waals surface area (Å²) in [5.74, 6) is -2.39. The van der Waals surface area contributed by atoms with Crippen LogP contribution in [0.25, 0.3) is 0 Å². The highest BCUT2D eigenvalue weighted by molar-refractivity contribution is 9.09. The van der Waals surface area contributed by atoms with Crippen LogP contribution < -0.4 is 11.2 Å². The Balaban J connectivity index is 2.36. The Kier molecular flexibility index (Phi) is 5.54. The van der Waals surface area contributed by atoms with Gasteiger partial charge in [-0.15, -0.1) is 0 Å². The first-order chi connectivity index (χ1) is 11.2. The number of H-pyrrole nitrogens is 1. The first-order valence-corrected chi connectivity index (χ1v) is 7.73. The molecule has 132 valence electrons. The molecule has 9 nitrogen and oxygen atoms in total. The summed E-state index contributed by atoms with van der Waals surface area (Å²) in [4.78, 5) is 46.4. The maximum Gasteiger partial charge on any atom is 0.330 e. The van der Waals surface area contributed by atoms with Gasteiger partial charge in [0.1, 0.15) is 12.7 Å². The van der Waals surface area contributed by atoms with Crippen molar-refractivity contribution in [3.63, 3.8) is 0 Å². The van der Waals surface area contributed by atoms with E-state index in [-0.39, 0.29) is 6.61 Å². The van der Waals surface area contributed by atoms with Crippen molar-refractivity contribution < 1.29 is 28.2 Å². The molecule has 2 heterocycles. The molecule has 1 aliphatic heterocycles. The van der Waals surface area contributed by atoms with E-state index in [1.807, 2.05) is 0 Å². The lowest BCUT2D eigenvalue weighted by Crippen LogP contribution is -2.39. The van der Waals surface area contributed by atoms with E-state index in [0.29, 0.717) is 6.20 Å². The van der Waals surface area contributed by atoms with E-state index in [9.17, 15) is 23.6 Å². The van der Waals surface area contributed by atoms with Gasteiger partial charge in [0.15, 0.2) is 12.3 Å². The molecule has 1 aliphatic rings. The Morgan fingerprint density at radius 3 is 2.62 bits per heavy atom. The van der Waals surface area contributed by atoms with Crippen LogP contribution in [-0.4, -0.2) is 45.1 Å². The largest absolute Gasteiger partial charge is 0.463 e. The summed E-state index contributed by atoms with van der Waals surface area (Å²) in [7, 11) is 0. The second-order valence-electron chi connectivity index (χ2n) is 5.03. The van der Waals surface area contributed by atoms with Crippen LogP contribution in [0, 0.1) is 5.82 Å². The number of carbonyl (C=O) groups is 2. The summed E-state index contributed by atoms with van der Waals surface area (Å²) in [6, 6.07) is 0. The number of ether oxygens (including phenoxy) is 3. The number of alkyl halides is 1. The third-order valence-electron chi connectivity index (χ3n) is 3.22. The van der Waals surface area contributed by atoms with Crippen LogP contribution in [0.4, 0.5) is 4.39 Å². The van der Waals surface area contributed by atoms with Crippen molar-refractivity contribution in [2.75, 3.05) is 6.61 Å². The van der Waals surface area contributed by atoms with Crippen LogP contribution in [0.15, 0.2) is 15.8 Å². The van der Waals surface area contributed by atoms with Crippen LogP contribution in [-0.2, 0) is 23.8 Å². The van der Waals surface area contributed by atoms with Crippen molar-refractivity contribution in [2.24, 2.45) is 0 Å². The van der Waals surface area contributed by atoms with Gasteiger partial charge in [-0.05, 0) is 0 Å². The third kappa shape index (κ3) is 3.90. The Bertz CT molecular complexity index is 761. The lowest BCUT2D eigenvalue weighted by Gasteiger charge is -2.21. The summed E-state index contributed by atoms with van der Waals surface area (Å²) < 4.78 is 29.8. The molecule has 2 rings (SSSR count). The molecule has 0 amide bonds. The second-order valence-corrected chi connectivity index (χ2v) is 6.09. The predicted octanol–water partition coefficient (Wildman–Crippen LogP) is -0.169. The molecule has 1 saturated heterocycles. The van der Waals surface area contributed by atoms with Crippen molar-refractivity contribution in [1.29, 1.82) is 0 Å². The highest BCUT2D eigenvalue weighted by Gasteiger charge is 2.47. The zero-order valence-electron chi connectivity index (χ0n) is 12.7. The molecule has 1 fully saturated rings. The van der Waals surface area contributed by atoms with Gasteiger partial charge < -0.3 is 14.2 Å². The van der Waals surface area contributed by atoms with Crippen LogP contribution in [0.1, 0.15) is 20.1 Å². The molecule has 11 heteroatoms. The van der Waals surface area contributed by atoms with E-state index in [1.165, 1.54) is 6.92 Å². The van der Waals surface area contributed by atoms with Gasteiger partial charge in [-0.3, -0.25) is 23.9 Å². The Morgan fingerprint density at radius 1 is 1.38 bits per heavy atom. The van der Waals surface area contributed by atoms with Crippen LogP contribution in [0.2, 0.25) is 0 Å². The van der Waals surface area contributed by atoms with Crippen molar-refractivity contribution in [1.82, 2.24) is 9.55 Å². The van der Waals surface area contributed by atoms with Crippen LogP contribution in [0.5, 0.6) is 0 Å². The molecule has 0 aromatic carbocycles. The maximum absolute atomic E-state index is 13.5. The van der Waals surface area contributed by atoms with Crippen molar-refractivity contribution in [3.8, 4) is 0 Å². The lowest BCUT2D eigenvalue weighted by molar-refractivity contribution is -0.153. The van der Waals surface area contributed by atoms with Gasteiger partial charge >= 0.3 is 17.6 Å². The van der Waals surface area contributed by atoms with Gasteiger partial charge in [0.25, 0.3) is 5.56 Å². The van der Waals surface area contributed by atoms with Crippen molar-refractivity contribution in [3.05, 3.63) is 32.9 Å². The molecule has 4 atom stereocenters. The van der Waals surface area contributed by atoms with Crippen LogP contribution in [0.3, 0.4) is 0 Å². The smallest absolute Gasteiger partial charge is 0.330 e. The first-order valence-electron chi connectivity index (χ1n) is 6.81. The average Bonchev–Trinajstić information content (AvgIpc) is 2.77. The molecule has 1 N–H and O–H groups in total. The van der Waals surface area contributed by atoms with E-state index in [1.54, 1.807) is 4.98 Å². The highest BCUT2D eigenvalue weighted by Crippen LogP contribution is 2.35. The van der Waals surface area contributed by atoms with E-state index < -0.39 is 52.3 Å². The van der Waals surface area contributed by atoms with Gasteiger partial charge in [0.2, 0.25) is 5.82 Å². The number of esters is 2. The standard InChI is InChI=1S/C13H14BrFN2O7/c1-5(18)22-4-8-9(14)10(23-6(2)19)12(24-8)17-3-7(15)11(20)16-13(17)21/h3,8-10,12H,4H2,1-2H3,(H,16,20,21). The topological polar surface area (TPSA) is 117 Å². The normalized spacial score (nSPS) is 26.2. The maximum atomic E-state index is 13.5. The predicted molar refractivity (Wildman–Crippen MR) is 80.1 cm³/mol. The number of rotatable bonds is 4. The quantitative estimate of drug-likeness (QED) is 0.542. The zero-order valence-corrected chi connectivity index (χ0v) is 14.2. The summed E-state index contributed by atoms with van der Waals surface area (Å²) in [6.45, 7) is 2.20. The van der Waals surface area contributed by atoms with Crippen molar-refractivity contribution >= 4 is 27.9 Å². The minimum absolute atomic E-state index is 0.167. The molecule has 0 radical (unpaired) electrons. The fraction of sp³-hybridized carbons (Fsp3) is 0.538. The molecular weight excluding hydrogens is 395 g/mol. The minimum Gasteiger partial charge on any atom is -0.463 e. The average molecular weight is 409 g/mol. The van der Waals surface area contributed by atoms with Gasteiger partial charge in [-0.2, -0.15) is 4.39 Å². The Labute approximate surface area is 142 Å². The SMILES string of the molecule is CC(=O)OCC1OC(n2cc(F)c(=O)[nH]c2=O)C(OC(C)=O)C1Br. The van der Waals surface area contributed by atoms with E-state index in [2.05, 4.69) is 15.9 Å². The second kappa shape index (κ2) is 7.26. The number of halogens is 2. The first kappa shape index (κ1) is 18.3. The van der Waals surface area contributed by atoms with Gasteiger partial charge in [0, 0.05) is 13.8 Å². The molecule has 1 aromatic rings. The van der Waals surface area contributed by atoms with Gasteiger partial charge in [-0.25, -0.2) is 4.79 Å². The molecule has 1 aromatic heterocycles.